The van der Waals surface area contributed by atoms with Crippen LogP contribution in [0.4, 0.5) is 0 Å². The van der Waals surface area contributed by atoms with Crippen LogP contribution in [0.3, 0.4) is 0 Å². The second-order valence-corrected chi connectivity index (χ2v) is 5.84. The van der Waals surface area contributed by atoms with Crippen molar-refractivity contribution in [3.05, 3.63) is 53.5 Å². The minimum Gasteiger partial charge on any atom is -0.497 e. The third kappa shape index (κ3) is 3.23. The quantitative estimate of drug-likeness (QED) is 0.736. The molecule has 140 valence electrons. The van der Waals surface area contributed by atoms with Crippen LogP contribution in [0, 0.1) is 0 Å². The van der Waals surface area contributed by atoms with E-state index >= 15 is 0 Å². The first kappa shape index (κ1) is 18.4. The monoisotopic (exact) mass is 366 g/mol. The van der Waals surface area contributed by atoms with E-state index in [1.165, 1.54) is 6.33 Å². The highest BCUT2D eigenvalue weighted by atomic mass is 16.5. The number of H-pyrrole nitrogens is 1. The Morgan fingerprint density at radius 3 is 2.78 bits per heavy atom. The summed E-state index contributed by atoms with van der Waals surface area (Å²) >= 11 is 0. The normalized spacial score (nSPS) is 12.7. The summed E-state index contributed by atoms with van der Waals surface area (Å²) in [7, 11) is 3.63. The smallest absolute Gasteiger partial charge is 0.355 e. The Balaban J connectivity index is 0.00000102. The molecule has 3 aromatic rings. The molecule has 27 heavy (non-hydrogen) atoms. The maximum atomic E-state index is 11.4. The Morgan fingerprint density at radius 1 is 1.30 bits per heavy atom. The molecule has 7 heteroatoms. The molecule has 0 atom stereocenters. The fourth-order valence-corrected chi connectivity index (χ4v) is 3.20. The molecule has 2 N–H and O–H groups in total. The molecule has 4 rings (SSSR count). The van der Waals surface area contributed by atoms with Gasteiger partial charge in [-0.25, -0.2) is 14.8 Å². The standard InChI is InChI=1S/C18H16N4O3.C2H6/c1-22-8-13(11-5-3-10(25-2)4-6-15(11)22)14-7-12-16(18(23)24)19-9-20-17(12)21-14;1-2/h3-4,6-9H,5H2,1-2H3,(H,23,24)(H,19,20,21);1-2H3. The van der Waals surface area contributed by atoms with Crippen molar-refractivity contribution in [2.24, 2.45) is 7.05 Å². The number of carboxylic acids is 1. The number of aromatic carboxylic acids is 1. The van der Waals surface area contributed by atoms with Crippen LogP contribution in [-0.4, -0.2) is 37.7 Å². The van der Waals surface area contributed by atoms with E-state index in [1.807, 2.05) is 49.9 Å². The van der Waals surface area contributed by atoms with Crippen molar-refractivity contribution in [2.75, 3.05) is 7.11 Å². The van der Waals surface area contributed by atoms with E-state index in [-0.39, 0.29) is 5.69 Å². The van der Waals surface area contributed by atoms with E-state index in [4.69, 9.17) is 4.74 Å². The van der Waals surface area contributed by atoms with Crippen LogP contribution in [0.15, 0.2) is 36.5 Å². The molecule has 0 aromatic carbocycles. The van der Waals surface area contributed by atoms with Crippen molar-refractivity contribution in [1.82, 2.24) is 19.5 Å². The van der Waals surface area contributed by atoms with Crippen molar-refractivity contribution in [2.45, 2.75) is 20.3 Å². The third-order valence-corrected chi connectivity index (χ3v) is 4.40. The first-order chi connectivity index (χ1) is 13.1. The molecule has 3 aromatic heterocycles. The summed E-state index contributed by atoms with van der Waals surface area (Å²) in [6.07, 6.45) is 9.99. The van der Waals surface area contributed by atoms with E-state index in [2.05, 4.69) is 15.0 Å². The van der Waals surface area contributed by atoms with Gasteiger partial charge in [0.25, 0.3) is 0 Å². The van der Waals surface area contributed by atoms with Crippen molar-refractivity contribution in [1.29, 1.82) is 0 Å². The number of hydrogen-bond acceptors (Lipinski definition) is 4. The van der Waals surface area contributed by atoms with E-state index in [9.17, 15) is 9.90 Å². The Kier molecular flexibility index (Phi) is 5.12. The van der Waals surface area contributed by atoms with Gasteiger partial charge in [0.1, 0.15) is 17.7 Å². The number of rotatable bonds is 3. The molecular formula is C20H22N4O3. The highest BCUT2D eigenvalue weighted by molar-refractivity contribution is 6.01. The third-order valence-electron chi connectivity index (χ3n) is 4.40. The first-order valence-electron chi connectivity index (χ1n) is 8.76. The molecule has 0 bridgehead atoms. The number of aromatic nitrogens is 4. The van der Waals surface area contributed by atoms with Gasteiger partial charge < -0.3 is 19.4 Å². The summed E-state index contributed by atoms with van der Waals surface area (Å²) in [4.78, 5) is 22.6. The van der Waals surface area contributed by atoms with Gasteiger partial charge >= 0.3 is 5.97 Å². The molecule has 0 saturated heterocycles. The lowest BCUT2D eigenvalue weighted by molar-refractivity contribution is 0.0692. The predicted octanol–water partition coefficient (Wildman–Crippen LogP) is 3.79. The van der Waals surface area contributed by atoms with Crippen LogP contribution in [-0.2, 0) is 18.2 Å². The number of carbonyl (C=O) groups is 1. The lowest BCUT2D eigenvalue weighted by atomic mass is 10.0. The average molecular weight is 366 g/mol. The van der Waals surface area contributed by atoms with E-state index < -0.39 is 5.97 Å². The SMILES string of the molecule is CC.COC1=CCc2c(-c3cc4c(C(=O)O)ncnc4[nH]3)cn(C)c2C=C1. The molecule has 0 radical (unpaired) electrons. The van der Waals surface area contributed by atoms with Gasteiger partial charge in [-0.3, -0.25) is 0 Å². The molecule has 3 heterocycles. The van der Waals surface area contributed by atoms with Crippen LogP contribution in [0.25, 0.3) is 28.4 Å². The molecule has 0 spiro atoms. The zero-order valence-electron chi connectivity index (χ0n) is 15.8. The number of nitrogens with zero attached hydrogens (tertiary/aromatic N) is 3. The summed E-state index contributed by atoms with van der Waals surface area (Å²) in [5, 5.41) is 9.81. The molecule has 1 aliphatic rings. The Labute approximate surface area is 157 Å². The summed E-state index contributed by atoms with van der Waals surface area (Å²) in [5.74, 6) is -0.252. The van der Waals surface area contributed by atoms with Crippen LogP contribution < -0.4 is 0 Å². The number of fused-ring (bicyclic) bond motifs is 2. The fourth-order valence-electron chi connectivity index (χ4n) is 3.20. The number of allylic oxidation sites excluding steroid dienone is 2. The molecule has 0 unspecified atom stereocenters. The van der Waals surface area contributed by atoms with Crippen LogP contribution in [0.1, 0.15) is 35.6 Å². The van der Waals surface area contributed by atoms with Crippen LogP contribution in [0.5, 0.6) is 0 Å². The van der Waals surface area contributed by atoms with Gasteiger partial charge in [0.15, 0.2) is 5.69 Å². The number of carboxylic acid groups (broad SMARTS) is 1. The van der Waals surface area contributed by atoms with Gasteiger partial charge in [-0.05, 0) is 36.3 Å². The lowest BCUT2D eigenvalue weighted by Crippen LogP contribution is -2.00. The topological polar surface area (TPSA) is 93.0 Å². The Bertz CT molecular complexity index is 1060. The van der Waals surface area contributed by atoms with Crippen LogP contribution in [0.2, 0.25) is 0 Å². The van der Waals surface area contributed by atoms with Crippen LogP contribution >= 0.6 is 0 Å². The number of hydrogen-bond donors (Lipinski definition) is 2. The van der Waals surface area contributed by atoms with Gasteiger partial charge in [-0.2, -0.15) is 0 Å². The van der Waals surface area contributed by atoms with Crippen molar-refractivity contribution >= 4 is 23.1 Å². The largest absolute Gasteiger partial charge is 0.497 e. The number of ether oxygens (including phenoxy) is 1. The highest BCUT2D eigenvalue weighted by Crippen LogP contribution is 2.33. The number of aromatic amines is 1. The number of methoxy groups -OCH3 is 1. The van der Waals surface area contributed by atoms with E-state index in [0.29, 0.717) is 17.5 Å². The number of aryl methyl sites for hydroxylation is 1. The van der Waals surface area contributed by atoms with E-state index in [1.54, 1.807) is 13.2 Å². The molecule has 0 amide bonds. The Morgan fingerprint density at radius 2 is 2.07 bits per heavy atom. The minimum atomic E-state index is -1.07. The van der Waals surface area contributed by atoms with Gasteiger partial charge in [0, 0.05) is 30.2 Å². The van der Waals surface area contributed by atoms with Crippen molar-refractivity contribution in [3.63, 3.8) is 0 Å². The highest BCUT2D eigenvalue weighted by Gasteiger charge is 2.19. The molecule has 0 fully saturated rings. The summed E-state index contributed by atoms with van der Waals surface area (Å²) in [6, 6.07) is 1.80. The lowest BCUT2D eigenvalue weighted by Gasteiger charge is -2.01. The zero-order valence-corrected chi connectivity index (χ0v) is 15.8. The first-order valence-corrected chi connectivity index (χ1v) is 8.76. The molecular weight excluding hydrogens is 344 g/mol. The number of nitrogens with one attached hydrogen (secondary N) is 1. The van der Waals surface area contributed by atoms with Gasteiger partial charge in [-0.15, -0.1) is 0 Å². The Hall–Kier alpha value is -3.35. The molecule has 7 nitrogen and oxygen atoms in total. The maximum absolute atomic E-state index is 11.4. The summed E-state index contributed by atoms with van der Waals surface area (Å²) in [6.45, 7) is 4.00. The zero-order chi connectivity index (χ0) is 19.6. The minimum absolute atomic E-state index is 0.00372. The molecule has 0 saturated carbocycles. The molecule has 1 aliphatic carbocycles. The molecule has 0 aliphatic heterocycles. The van der Waals surface area contributed by atoms with Gasteiger partial charge in [-0.1, -0.05) is 13.8 Å². The van der Waals surface area contributed by atoms with E-state index in [0.717, 1.165) is 28.3 Å². The average Bonchev–Trinajstić information content (AvgIpc) is 3.16. The van der Waals surface area contributed by atoms with Crippen molar-refractivity contribution < 1.29 is 14.6 Å². The second-order valence-electron chi connectivity index (χ2n) is 5.84. The maximum Gasteiger partial charge on any atom is 0.355 e. The van der Waals surface area contributed by atoms with Crippen molar-refractivity contribution in [3.8, 4) is 11.3 Å². The fraction of sp³-hybridized carbons (Fsp3) is 0.250. The van der Waals surface area contributed by atoms with Gasteiger partial charge in [0.05, 0.1) is 12.5 Å². The summed E-state index contributed by atoms with van der Waals surface area (Å²) in [5.41, 5.74) is 4.56. The summed E-state index contributed by atoms with van der Waals surface area (Å²) < 4.78 is 7.37. The predicted molar refractivity (Wildman–Crippen MR) is 104 cm³/mol. The van der Waals surface area contributed by atoms with Gasteiger partial charge in [0.2, 0.25) is 0 Å². The second kappa shape index (κ2) is 7.49.